The van der Waals surface area contributed by atoms with Gasteiger partial charge in [-0.15, -0.1) is 10.2 Å². The van der Waals surface area contributed by atoms with Crippen LogP contribution in [-0.4, -0.2) is 43.2 Å². The summed E-state index contributed by atoms with van der Waals surface area (Å²) >= 11 is 0. The molecule has 0 bridgehead atoms. The maximum absolute atomic E-state index is 14.4. The summed E-state index contributed by atoms with van der Waals surface area (Å²) < 4.78 is 16.0. The molecule has 0 radical (unpaired) electrons. The third-order valence-corrected chi connectivity index (χ3v) is 5.96. The van der Waals surface area contributed by atoms with Gasteiger partial charge in [0.05, 0.1) is 0 Å². The Morgan fingerprint density at radius 2 is 1.81 bits per heavy atom. The van der Waals surface area contributed by atoms with Crippen LogP contribution >= 0.6 is 0 Å². The Hall–Kier alpha value is -3.55. The highest BCUT2D eigenvalue weighted by molar-refractivity contribution is 5.85. The molecular weight excluding hydrogens is 407 g/mol. The Labute approximate surface area is 185 Å². The summed E-state index contributed by atoms with van der Waals surface area (Å²) in [5.41, 5.74) is 2.38. The maximum atomic E-state index is 14.4. The van der Waals surface area contributed by atoms with Crippen LogP contribution in [0.5, 0.6) is 5.75 Å². The summed E-state index contributed by atoms with van der Waals surface area (Å²) in [6.07, 6.45) is 4.59. The number of aromatic nitrogens is 5. The summed E-state index contributed by atoms with van der Waals surface area (Å²) in [5.74, 6) is 1.63. The molecule has 1 aliphatic rings. The lowest BCUT2D eigenvalue weighted by Crippen LogP contribution is -2.39. The standard InChI is InChI=1S/C24H25FN6O/c1-14-6-15(2)12-31(11-14)22-5-4-20(27-28-22)24-21(32)9-17(10-26-24)16-7-18-13-30(3)29-23(18)19(25)8-16/h4-5,7-10,13-15,32H,6,11-12H2,1-3H3/t14-,15-/m0/s1. The molecule has 4 heterocycles. The van der Waals surface area contributed by atoms with Gasteiger partial charge in [0.25, 0.3) is 0 Å². The van der Waals surface area contributed by atoms with E-state index in [1.54, 1.807) is 30.2 Å². The van der Waals surface area contributed by atoms with Crippen molar-refractivity contribution in [3.63, 3.8) is 0 Å². The summed E-state index contributed by atoms with van der Waals surface area (Å²) in [5, 5.41) is 24.1. The van der Waals surface area contributed by atoms with Crippen molar-refractivity contribution < 1.29 is 9.50 Å². The lowest BCUT2D eigenvalue weighted by Gasteiger charge is -2.35. The Morgan fingerprint density at radius 3 is 2.50 bits per heavy atom. The van der Waals surface area contributed by atoms with Gasteiger partial charge >= 0.3 is 0 Å². The fraction of sp³-hybridized carbons (Fsp3) is 0.333. The molecule has 1 saturated heterocycles. The average Bonchev–Trinajstić information content (AvgIpc) is 3.14. The number of piperidine rings is 1. The van der Waals surface area contributed by atoms with Crippen LogP contribution in [0.3, 0.4) is 0 Å². The van der Waals surface area contributed by atoms with Crippen LogP contribution in [-0.2, 0) is 7.05 Å². The monoisotopic (exact) mass is 432 g/mol. The predicted octanol–water partition coefficient (Wildman–Crippen LogP) is 4.42. The van der Waals surface area contributed by atoms with E-state index in [0.717, 1.165) is 18.9 Å². The summed E-state index contributed by atoms with van der Waals surface area (Å²) in [6.45, 7) is 6.45. The Kier molecular flexibility index (Phi) is 5.00. The molecule has 4 aromatic rings. The average molecular weight is 433 g/mol. The number of benzene rings is 1. The van der Waals surface area contributed by atoms with Crippen molar-refractivity contribution in [2.45, 2.75) is 20.3 Å². The predicted molar refractivity (Wildman–Crippen MR) is 122 cm³/mol. The van der Waals surface area contributed by atoms with Crippen LogP contribution in [0.1, 0.15) is 20.3 Å². The molecule has 8 heteroatoms. The molecule has 1 N–H and O–H groups in total. The number of hydrogen-bond donors (Lipinski definition) is 1. The third kappa shape index (κ3) is 3.77. The normalized spacial score (nSPS) is 18.9. The minimum Gasteiger partial charge on any atom is -0.506 e. The highest BCUT2D eigenvalue weighted by atomic mass is 19.1. The van der Waals surface area contributed by atoms with E-state index in [4.69, 9.17) is 0 Å². The Morgan fingerprint density at radius 1 is 1.03 bits per heavy atom. The van der Waals surface area contributed by atoms with Crippen molar-refractivity contribution >= 4 is 16.7 Å². The first kappa shape index (κ1) is 20.4. The van der Waals surface area contributed by atoms with E-state index in [1.807, 2.05) is 18.2 Å². The largest absolute Gasteiger partial charge is 0.506 e. The van der Waals surface area contributed by atoms with Crippen molar-refractivity contribution in [2.75, 3.05) is 18.0 Å². The molecule has 7 nitrogen and oxygen atoms in total. The van der Waals surface area contributed by atoms with Gasteiger partial charge < -0.3 is 10.0 Å². The molecule has 0 saturated carbocycles. The van der Waals surface area contributed by atoms with E-state index in [2.05, 4.69) is 39.0 Å². The molecule has 2 atom stereocenters. The maximum Gasteiger partial charge on any atom is 0.151 e. The number of anilines is 1. The molecule has 3 aromatic heterocycles. The lowest BCUT2D eigenvalue weighted by atomic mass is 9.92. The first-order valence-corrected chi connectivity index (χ1v) is 10.8. The highest BCUT2D eigenvalue weighted by Crippen LogP contribution is 2.33. The molecule has 32 heavy (non-hydrogen) atoms. The van der Waals surface area contributed by atoms with Gasteiger partial charge in [-0.05, 0) is 54.2 Å². The van der Waals surface area contributed by atoms with Crippen molar-refractivity contribution in [1.29, 1.82) is 0 Å². The highest BCUT2D eigenvalue weighted by Gasteiger charge is 2.23. The summed E-state index contributed by atoms with van der Waals surface area (Å²) in [6, 6.07) is 8.56. The number of halogens is 1. The van der Waals surface area contributed by atoms with Gasteiger partial charge in [-0.3, -0.25) is 4.68 Å². The van der Waals surface area contributed by atoms with Gasteiger partial charge in [0.15, 0.2) is 11.6 Å². The van der Waals surface area contributed by atoms with Gasteiger partial charge in [0, 0.05) is 43.5 Å². The van der Waals surface area contributed by atoms with E-state index in [0.29, 0.717) is 45.3 Å². The van der Waals surface area contributed by atoms with Crippen molar-refractivity contribution in [1.82, 2.24) is 25.0 Å². The van der Waals surface area contributed by atoms with Crippen LogP contribution in [0.2, 0.25) is 0 Å². The second-order valence-corrected chi connectivity index (χ2v) is 8.92. The SMILES string of the molecule is C[C@H]1C[C@H](C)CN(c2ccc(-c3ncc(-c4cc(F)c5nn(C)cc5c4)cc3O)nn2)C1. The second kappa shape index (κ2) is 7.85. The first-order valence-electron chi connectivity index (χ1n) is 10.8. The molecule has 164 valence electrons. The van der Waals surface area contributed by atoms with Crippen LogP contribution < -0.4 is 4.90 Å². The zero-order valence-corrected chi connectivity index (χ0v) is 18.3. The van der Waals surface area contributed by atoms with Crippen LogP contribution in [0.15, 0.2) is 42.7 Å². The minimum atomic E-state index is -0.413. The number of nitrogens with zero attached hydrogens (tertiary/aromatic N) is 6. The van der Waals surface area contributed by atoms with E-state index in [9.17, 15) is 9.50 Å². The fourth-order valence-electron chi connectivity index (χ4n) is 4.66. The molecule has 0 aliphatic carbocycles. The molecule has 0 unspecified atom stereocenters. The summed E-state index contributed by atoms with van der Waals surface area (Å²) in [7, 11) is 1.75. The molecule has 1 aliphatic heterocycles. The summed E-state index contributed by atoms with van der Waals surface area (Å²) in [4.78, 5) is 6.66. The van der Waals surface area contributed by atoms with Crippen molar-refractivity contribution in [3.05, 3.63) is 48.5 Å². The van der Waals surface area contributed by atoms with E-state index < -0.39 is 5.82 Å². The lowest BCUT2D eigenvalue weighted by molar-refractivity contribution is 0.355. The van der Waals surface area contributed by atoms with Gasteiger partial charge in [-0.1, -0.05) is 13.8 Å². The number of pyridine rings is 1. The van der Waals surface area contributed by atoms with Crippen LogP contribution in [0.25, 0.3) is 33.4 Å². The fourth-order valence-corrected chi connectivity index (χ4v) is 4.66. The molecule has 1 aromatic carbocycles. The number of aryl methyl sites for hydroxylation is 1. The van der Waals surface area contributed by atoms with E-state index in [-0.39, 0.29) is 5.75 Å². The zero-order valence-electron chi connectivity index (χ0n) is 18.3. The number of rotatable bonds is 3. The van der Waals surface area contributed by atoms with Crippen molar-refractivity contribution in [2.24, 2.45) is 18.9 Å². The van der Waals surface area contributed by atoms with Crippen LogP contribution in [0, 0.1) is 17.7 Å². The van der Waals surface area contributed by atoms with E-state index >= 15 is 0 Å². The number of hydrogen-bond acceptors (Lipinski definition) is 6. The minimum absolute atomic E-state index is 0.0311. The van der Waals surface area contributed by atoms with Gasteiger partial charge in [0.2, 0.25) is 0 Å². The molecule has 0 spiro atoms. The molecular formula is C24H25FN6O. The molecule has 1 fully saturated rings. The second-order valence-electron chi connectivity index (χ2n) is 8.92. The zero-order chi connectivity index (χ0) is 22.4. The quantitative estimate of drug-likeness (QED) is 0.516. The number of aromatic hydroxyl groups is 1. The van der Waals surface area contributed by atoms with E-state index in [1.165, 1.54) is 12.5 Å². The van der Waals surface area contributed by atoms with Gasteiger partial charge in [-0.25, -0.2) is 9.37 Å². The van der Waals surface area contributed by atoms with Gasteiger partial charge in [0.1, 0.15) is 22.7 Å². The number of fused-ring (bicyclic) bond motifs is 1. The topological polar surface area (TPSA) is 80.0 Å². The molecule has 0 amide bonds. The smallest absolute Gasteiger partial charge is 0.151 e. The van der Waals surface area contributed by atoms with Crippen LogP contribution in [0.4, 0.5) is 10.2 Å². The first-order chi connectivity index (χ1) is 15.4. The molecule has 5 rings (SSSR count). The Bertz CT molecular complexity index is 1280. The van der Waals surface area contributed by atoms with Crippen molar-refractivity contribution in [3.8, 4) is 28.3 Å². The van der Waals surface area contributed by atoms with Gasteiger partial charge in [-0.2, -0.15) is 5.10 Å². The third-order valence-electron chi connectivity index (χ3n) is 5.96. The Balaban J connectivity index is 1.42.